The molecule has 6 heteroatoms. The Morgan fingerprint density at radius 3 is 2.71 bits per heavy atom. The van der Waals surface area contributed by atoms with Crippen LogP contribution in [0, 0.1) is 4.77 Å². The molecule has 2 heterocycles. The highest BCUT2D eigenvalue weighted by atomic mass is 32.1. The number of nitrogens with one attached hydrogen (secondary N) is 1. The first-order chi connectivity index (χ1) is 13.4. The largest absolute Gasteiger partial charge is 0.332 e. The van der Waals surface area contributed by atoms with Gasteiger partial charge in [0.05, 0.1) is 10.9 Å². The van der Waals surface area contributed by atoms with E-state index in [1.54, 1.807) is 25.2 Å². The lowest BCUT2D eigenvalue weighted by Crippen LogP contribution is -2.35. The quantitative estimate of drug-likeness (QED) is 0.660. The maximum atomic E-state index is 13.3. The Morgan fingerprint density at radius 1 is 1.18 bits per heavy atom. The summed E-state index contributed by atoms with van der Waals surface area (Å²) < 4.78 is 1.73. The van der Waals surface area contributed by atoms with Crippen LogP contribution in [0.4, 0.5) is 5.69 Å². The second kappa shape index (κ2) is 7.02. The average molecular weight is 394 g/mol. The van der Waals surface area contributed by atoms with E-state index in [-0.39, 0.29) is 11.5 Å². The van der Waals surface area contributed by atoms with Crippen molar-refractivity contribution in [3.8, 4) is 0 Å². The first-order valence-electron chi connectivity index (χ1n) is 9.54. The van der Waals surface area contributed by atoms with E-state index < -0.39 is 0 Å². The summed E-state index contributed by atoms with van der Waals surface area (Å²) in [5.74, 6) is 0.405. The first-order valence-corrected chi connectivity index (χ1v) is 9.95. The fourth-order valence-corrected chi connectivity index (χ4v) is 3.97. The lowest BCUT2D eigenvalue weighted by molar-refractivity contribution is 0.0985. The second-order valence-electron chi connectivity index (χ2n) is 7.66. The van der Waals surface area contributed by atoms with Crippen molar-refractivity contribution in [2.24, 2.45) is 7.05 Å². The Hall–Kier alpha value is -2.73. The van der Waals surface area contributed by atoms with Crippen molar-refractivity contribution >= 4 is 34.7 Å². The van der Waals surface area contributed by atoms with E-state index in [4.69, 9.17) is 12.2 Å². The predicted octanol–water partition coefficient (Wildman–Crippen LogP) is 4.31. The van der Waals surface area contributed by atoms with Gasteiger partial charge in [-0.15, -0.1) is 0 Å². The van der Waals surface area contributed by atoms with Gasteiger partial charge in [-0.25, -0.2) is 0 Å². The van der Waals surface area contributed by atoms with Crippen LogP contribution in [0.1, 0.15) is 47.7 Å². The van der Waals surface area contributed by atoms with Gasteiger partial charge in [-0.05, 0) is 66.4 Å². The summed E-state index contributed by atoms with van der Waals surface area (Å²) in [4.78, 5) is 30.5. The van der Waals surface area contributed by atoms with Crippen molar-refractivity contribution in [3.05, 3.63) is 68.2 Å². The molecule has 28 heavy (non-hydrogen) atoms. The summed E-state index contributed by atoms with van der Waals surface area (Å²) in [7, 11) is 1.63. The number of aryl methyl sites for hydroxylation is 1. The van der Waals surface area contributed by atoms with Crippen LogP contribution in [-0.4, -0.2) is 22.0 Å². The summed E-state index contributed by atoms with van der Waals surface area (Å²) in [5.41, 5.74) is 4.47. The van der Waals surface area contributed by atoms with E-state index in [0.29, 0.717) is 33.7 Å². The molecule has 0 atom stereocenters. The van der Waals surface area contributed by atoms with Crippen LogP contribution in [0.3, 0.4) is 0 Å². The molecule has 0 saturated heterocycles. The molecule has 3 aromatic rings. The van der Waals surface area contributed by atoms with Crippen LogP contribution in [-0.2, 0) is 13.5 Å². The smallest absolute Gasteiger partial charge is 0.261 e. The summed E-state index contributed by atoms with van der Waals surface area (Å²) in [5, 5.41) is 0.522. The molecule has 0 unspecified atom stereocenters. The first kappa shape index (κ1) is 18.6. The highest BCUT2D eigenvalue weighted by molar-refractivity contribution is 7.71. The number of hydrogen-bond acceptors (Lipinski definition) is 3. The molecule has 1 N–H and O–H groups in total. The summed E-state index contributed by atoms with van der Waals surface area (Å²) in [6.07, 6.45) is 1.93. The summed E-state index contributed by atoms with van der Waals surface area (Å²) >= 11 is 5.20. The van der Waals surface area contributed by atoms with Crippen molar-refractivity contribution in [1.82, 2.24) is 9.55 Å². The van der Waals surface area contributed by atoms with Crippen LogP contribution in [0.5, 0.6) is 0 Å². The third-order valence-electron chi connectivity index (χ3n) is 5.48. The molecule has 2 aromatic carbocycles. The number of rotatable bonds is 2. The number of amides is 1. The second-order valence-corrected chi connectivity index (χ2v) is 8.04. The Morgan fingerprint density at radius 2 is 1.96 bits per heavy atom. The van der Waals surface area contributed by atoms with E-state index in [1.807, 2.05) is 4.90 Å². The van der Waals surface area contributed by atoms with Crippen molar-refractivity contribution in [1.29, 1.82) is 0 Å². The molecule has 0 saturated carbocycles. The average Bonchev–Trinajstić information content (AvgIpc) is 2.70. The third-order valence-corrected chi connectivity index (χ3v) is 5.86. The molecule has 1 aliphatic heterocycles. The summed E-state index contributed by atoms with van der Waals surface area (Å²) in [6.45, 7) is 5.05. The van der Waals surface area contributed by atoms with Gasteiger partial charge in [-0.3, -0.25) is 14.2 Å². The standard InChI is InChI=1S/C22H23N3O2S/c1-13(2)14-7-9-19-15(11-14)5-4-10-25(19)20(26)16-6-8-17-18(12-16)23-22(28)24(3)21(17)27/h6-9,11-13H,4-5,10H2,1-3H3,(H,23,28). The topological polar surface area (TPSA) is 58.1 Å². The van der Waals surface area contributed by atoms with Crippen LogP contribution >= 0.6 is 12.2 Å². The van der Waals surface area contributed by atoms with E-state index >= 15 is 0 Å². The number of aromatic nitrogens is 2. The molecule has 0 aliphatic carbocycles. The highest BCUT2D eigenvalue weighted by Crippen LogP contribution is 2.31. The fourth-order valence-electron chi connectivity index (χ4n) is 3.78. The van der Waals surface area contributed by atoms with Gasteiger partial charge in [0.15, 0.2) is 4.77 Å². The van der Waals surface area contributed by atoms with Gasteiger partial charge in [0.1, 0.15) is 0 Å². The highest BCUT2D eigenvalue weighted by Gasteiger charge is 2.24. The number of fused-ring (bicyclic) bond motifs is 2. The van der Waals surface area contributed by atoms with Crippen LogP contribution < -0.4 is 10.5 Å². The van der Waals surface area contributed by atoms with Gasteiger partial charge < -0.3 is 9.88 Å². The van der Waals surface area contributed by atoms with Gasteiger partial charge in [0.25, 0.3) is 11.5 Å². The van der Waals surface area contributed by atoms with E-state index in [2.05, 4.69) is 37.0 Å². The van der Waals surface area contributed by atoms with Gasteiger partial charge in [-0.2, -0.15) is 0 Å². The zero-order valence-corrected chi connectivity index (χ0v) is 17.1. The SMILES string of the molecule is CC(C)c1ccc2c(c1)CCCN2C(=O)c1ccc2c(=O)n(C)c(=S)[nH]c2c1. The van der Waals surface area contributed by atoms with Gasteiger partial charge >= 0.3 is 0 Å². The van der Waals surface area contributed by atoms with E-state index in [9.17, 15) is 9.59 Å². The monoisotopic (exact) mass is 393 g/mol. The van der Waals surface area contributed by atoms with Crippen molar-refractivity contribution < 1.29 is 4.79 Å². The maximum Gasteiger partial charge on any atom is 0.261 e. The Labute approximate surface area is 168 Å². The number of nitrogens with zero attached hydrogens (tertiary/aromatic N) is 2. The van der Waals surface area contributed by atoms with E-state index in [1.165, 1.54) is 15.7 Å². The zero-order valence-electron chi connectivity index (χ0n) is 16.3. The van der Waals surface area contributed by atoms with Crippen LogP contribution in [0.25, 0.3) is 10.9 Å². The molecule has 1 amide bonds. The molecule has 1 aliphatic rings. The molecular formula is C22H23N3O2S. The van der Waals surface area contributed by atoms with Crippen molar-refractivity contribution in [2.75, 3.05) is 11.4 Å². The van der Waals surface area contributed by atoms with Gasteiger partial charge in [-0.1, -0.05) is 26.0 Å². The van der Waals surface area contributed by atoms with Gasteiger partial charge in [0, 0.05) is 24.8 Å². The molecule has 1 aromatic heterocycles. The van der Waals surface area contributed by atoms with E-state index in [0.717, 1.165) is 18.5 Å². The Bertz CT molecular complexity index is 1210. The molecule has 4 rings (SSSR count). The number of carbonyl (C=O) groups is 1. The number of hydrogen-bond donors (Lipinski definition) is 1. The molecule has 144 valence electrons. The molecule has 0 spiro atoms. The number of aromatic amines is 1. The minimum absolute atomic E-state index is 0.0554. The molecule has 5 nitrogen and oxygen atoms in total. The lowest BCUT2D eigenvalue weighted by atomic mass is 9.94. The number of anilines is 1. The van der Waals surface area contributed by atoms with Crippen molar-refractivity contribution in [3.63, 3.8) is 0 Å². The fraction of sp³-hybridized carbons (Fsp3) is 0.318. The van der Waals surface area contributed by atoms with Crippen LogP contribution in [0.2, 0.25) is 0 Å². The zero-order chi connectivity index (χ0) is 20.0. The van der Waals surface area contributed by atoms with Crippen LogP contribution in [0.15, 0.2) is 41.2 Å². The molecule has 0 bridgehead atoms. The number of carbonyl (C=O) groups excluding carboxylic acids is 1. The molecular weight excluding hydrogens is 370 g/mol. The Kier molecular flexibility index (Phi) is 4.67. The number of H-pyrrole nitrogens is 1. The minimum Gasteiger partial charge on any atom is -0.332 e. The maximum absolute atomic E-state index is 13.3. The molecule has 0 fully saturated rings. The van der Waals surface area contributed by atoms with Gasteiger partial charge in [0.2, 0.25) is 0 Å². The molecule has 0 radical (unpaired) electrons. The summed E-state index contributed by atoms with van der Waals surface area (Å²) in [6, 6.07) is 11.5. The predicted molar refractivity (Wildman–Crippen MR) is 115 cm³/mol. The minimum atomic E-state index is -0.165. The number of benzene rings is 2. The third kappa shape index (κ3) is 3.07. The van der Waals surface area contributed by atoms with Crippen molar-refractivity contribution in [2.45, 2.75) is 32.6 Å². The normalized spacial score (nSPS) is 13.8. The Balaban J connectivity index is 1.76. The lowest BCUT2D eigenvalue weighted by Gasteiger charge is -2.30.